The lowest BCUT2D eigenvalue weighted by Crippen LogP contribution is -2.68. The summed E-state index contributed by atoms with van der Waals surface area (Å²) in [6.07, 6.45) is 7.21. The zero-order valence-electron chi connectivity index (χ0n) is 34.4. The molecule has 8 nitrogen and oxygen atoms in total. The molecule has 11 heteroatoms. The number of ether oxygens (including phenoxy) is 1. The zero-order chi connectivity index (χ0) is 42.0. The van der Waals surface area contributed by atoms with Crippen molar-refractivity contribution in [2.45, 2.75) is 82.0 Å². The van der Waals surface area contributed by atoms with Crippen molar-refractivity contribution in [3.05, 3.63) is 144 Å². The van der Waals surface area contributed by atoms with Crippen molar-refractivity contribution >= 4 is 51.9 Å². The van der Waals surface area contributed by atoms with E-state index in [4.69, 9.17) is 20.8 Å². The molecule has 2 N–H and O–H groups in total. The van der Waals surface area contributed by atoms with E-state index in [1.165, 1.54) is 17.2 Å². The standard InChI is InChI=1S/C48H57ClN2O6SSi/c1-6-15-44(52)41-24-21-36(41)30-51-32-48(27-14-16-34-28-37(49)23-25-42(34)48)33-56-45-26-22-35(29-43(45)51)46(53)50-58(54,55)31-38(7-2)57-59(47(3,4)5,39-17-10-8-11-18-39)40-19-12-9-13-20-40/h6-13,17-20,22-23,25-26,28-29,36,38,41,44,52H,1-2,14-16,21,24,27,30-33H2,3-5H3,(H,50,53)/t36-,38?,41+,44?,48-/m0/s1. The van der Waals surface area contributed by atoms with Crippen LogP contribution in [0.2, 0.25) is 10.1 Å². The van der Waals surface area contributed by atoms with Gasteiger partial charge in [-0.1, -0.05) is 111 Å². The lowest BCUT2D eigenvalue weighted by molar-refractivity contribution is 0.0178. The number of nitrogens with zero attached hydrogens (tertiary/aromatic N) is 1. The van der Waals surface area contributed by atoms with Gasteiger partial charge in [0.1, 0.15) is 5.75 Å². The van der Waals surface area contributed by atoms with E-state index in [0.717, 1.165) is 48.2 Å². The van der Waals surface area contributed by atoms with Gasteiger partial charge in [0.05, 0.1) is 30.3 Å². The summed E-state index contributed by atoms with van der Waals surface area (Å²) in [5, 5.41) is 13.3. The van der Waals surface area contributed by atoms with Crippen LogP contribution in [0.4, 0.5) is 5.69 Å². The fraction of sp³-hybridized carbons (Fsp3) is 0.396. The van der Waals surface area contributed by atoms with Crippen molar-refractivity contribution < 1.29 is 27.5 Å². The van der Waals surface area contributed by atoms with Crippen molar-refractivity contribution in [3.63, 3.8) is 0 Å². The normalized spacial score (nSPS) is 21.5. The Morgan fingerprint density at radius 1 is 1.03 bits per heavy atom. The Labute approximate surface area is 356 Å². The zero-order valence-corrected chi connectivity index (χ0v) is 37.0. The third kappa shape index (κ3) is 8.84. The number of aliphatic hydroxyl groups excluding tert-OH is 1. The second-order valence-corrected chi connectivity index (χ2v) is 24.1. The molecule has 1 aliphatic heterocycles. The SMILES string of the molecule is C=CCC(O)[C@@H]1CC[C@H]1CN1C[C@@]2(CCCc3cc(Cl)ccc32)COc2ccc(C(=O)NS(=O)(=O)CC(C=C)O[Si](c3ccccc3)(c3ccccc3)C(C)(C)C)cc21. The van der Waals surface area contributed by atoms with E-state index in [9.17, 15) is 18.3 Å². The number of hydrogen-bond acceptors (Lipinski definition) is 7. The van der Waals surface area contributed by atoms with Gasteiger partial charge >= 0.3 is 0 Å². The summed E-state index contributed by atoms with van der Waals surface area (Å²) >= 11 is 6.47. The molecular formula is C48H57ClN2O6SSi. The molecule has 2 aliphatic carbocycles. The summed E-state index contributed by atoms with van der Waals surface area (Å²) < 4.78 is 44.0. The van der Waals surface area contributed by atoms with Crippen molar-refractivity contribution in [2.24, 2.45) is 11.8 Å². The number of sulfonamides is 1. The molecule has 3 aliphatic rings. The molecule has 1 spiro atoms. The Kier molecular flexibility index (Phi) is 12.7. The van der Waals surface area contributed by atoms with E-state index in [-0.39, 0.29) is 22.8 Å². The molecule has 0 saturated heterocycles. The van der Waals surface area contributed by atoms with Crippen LogP contribution >= 0.6 is 11.6 Å². The van der Waals surface area contributed by atoms with E-state index in [0.29, 0.717) is 36.9 Å². The fourth-order valence-electron chi connectivity index (χ4n) is 9.74. The average Bonchev–Trinajstić information content (AvgIpc) is 3.34. The molecule has 4 aromatic carbocycles. The van der Waals surface area contributed by atoms with Crippen LogP contribution < -0.4 is 24.7 Å². The van der Waals surface area contributed by atoms with Crippen molar-refractivity contribution in [2.75, 3.05) is 30.3 Å². The first-order valence-electron chi connectivity index (χ1n) is 20.7. The maximum Gasteiger partial charge on any atom is 0.264 e. The smallest absolute Gasteiger partial charge is 0.264 e. The van der Waals surface area contributed by atoms with Crippen LogP contribution in [-0.2, 0) is 26.3 Å². The largest absolute Gasteiger partial charge is 0.490 e. The Morgan fingerprint density at radius 3 is 2.34 bits per heavy atom. The molecule has 0 bridgehead atoms. The molecule has 0 radical (unpaired) electrons. The molecular weight excluding hydrogens is 796 g/mol. The minimum atomic E-state index is -4.22. The van der Waals surface area contributed by atoms with Crippen LogP contribution in [0.1, 0.15) is 74.4 Å². The molecule has 1 amide bonds. The number of rotatable bonds is 14. The van der Waals surface area contributed by atoms with Crippen LogP contribution in [0.3, 0.4) is 0 Å². The number of fused-ring (bicyclic) bond motifs is 3. The van der Waals surface area contributed by atoms with Crippen LogP contribution in [0.5, 0.6) is 5.75 Å². The lowest BCUT2D eigenvalue weighted by Gasteiger charge is -2.45. The minimum absolute atomic E-state index is 0.134. The van der Waals surface area contributed by atoms with Gasteiger partial charge in [-0.25, -0.2) is 13.1 Å². The Bertz CT molecular complexity index is 2230. The Morgan fingerprint density at radius 2 is 1.73 bits per heavy atom. The first kappa shape index (κ1) is 42.9. The summed E-state index contributed by atoms with van der Waals surface area (Å²) in [5.74, 6) is -0.231. The predicted molar refractivity (Wildman–Crippen MR) is 241 cm³/mol. The van der Waals surface area contributed by atoms with Crippen LogP contribution in [0.15, 0.2) is 122 Å². The quantitative estimate of drug-likeness (QED) is 0.0981. The van der Waals surface area contributed by atoms with Crippen LogP contribution in [0, 0.1) is 11.8 Å². The van der Waals surface area contributed by atoms with Crippen LogP contribution in [0.25, 0.3) is 0 Å². The topological polar surface area (TPSA) is 105 Å². The Hall–Kier alpha value is -4.19. The number of anilines is 1. The molecule has 1 saturated carbocycles. The summed E-state index contributed by atoms with van der Waals surface area (Å²) in [7, 11) is -7.36. The third-order valence-corrected chi connectivity index (χ3v) is 19.3. The molecule has 59 heavy (non-hydrogen) atoms. The average molecular weight is 854 g/mol. The number of benzene rings is 4. The maximum absolute atomic E-state index is 14.0. The molecule has 1 fully saturated rings. The lowest BCUT2D eigenvalue weighted by atomic mass is 9.68. The molecule has 4 aromatic rings. The van der Waals surface area contributed by atoms with E-state index in [1.807, 2.05) is 66.7 Å². The van der Waals surface area contributed by atoms with E-state index in [2.05, 4.69) is 55.7 Å². The number of halogens is 1. The summed E-state index contributed by atoms with van der Waals surface area (Å²) in [6.45, 7) is 16.0. The number of aliphatic hydroxyl groups is 1. The number of carbonyl (C=O) groups is 1. The third-order valence-electron chi connectivity index (χ3n) is 12.8. The first-order valence-corrected chi connectivity index (χ1v) is 24.7. The van der Waals surface area contributed by atoms with E-state index in [1.54, 1.807) is 24.3 Å². The van der Waals surface area contributed by atoms with E-state index >= 15 is 0 Å². The number of aryl methyl sites for hydroxylation is 1. The summed E-state index contributed by atoms with van der Waals surface area (Å²) in [5.41, 5.74) is 3.06. The highest BCUT2D eigenvalue weighted by Crippen LogP contribution is 2.47. The number of carbonyl (C=O) groups excluding carboxylic acids is 1. The van der Waals surface area contributed by atoms with Gasteiger partial charge < -0.3 is 19.2 Å². The van der Waals surface area contributed by atoms with E-state index < -0.39 is 47.2 Å². The molecule has 0 aromatic heterocycles. The van der Waals surface area contributed by atoms with Gasteiger partial charge in [-0.15, -0.1) is 13.2 Å². The highest BCUT2D eigenvalue weighted by molar-refractivity contribution is 7.90. The highest BCUT2D eigenvalue weighted by Gasteiger charge is 2.52. The van der Waals surface area contributed by atoms with Gasteiger partial charge in [-0.3, -0.25) is 4.79 Å². The second kappa shape index (κ2) is 17.4. The second-order valence-electron chi connectivity index (χ2n) is 17.6. The van der Waals surface area contributed by atoms with Gasteiger partial charge in [0.2, 0.25) is 10.0 Å². The van der Waals surface area contributed by atoms with Gasteiger partial charge in [0, 0.05) is 29.1 Å². The predicted octanol–water partition coefficient (Wildman–Crippen LogP) is 7.97. The van der Waals surface area contributed by atoms with Gasteiger partial charge in [0.15, 0.2) is 0 Å². The maximum atomic E-state index is 14.0. The molecule has 1 heterocycles. The van der Waals surface area contributed by atoms with Crippen LogP contribution in [-0.4, -0.2) is 65.4 Å². The number of nitrogens with one attached hydrogen (secondary N) is 1. The number of hydrogen-bond donors (Lipinski definition) is 2. The first-order chi connectivity index (χ1) is 28.2. The molecule has 7 rings (SSSR count). The summed E-state index contributed by atoms with van der Waals surface area (Å²) in [6, 6.07) is 31.3. The van der Waals surface area contributed by atoms with Crippen molar-refractivity contribution in [3.8, 4) is 5.75 Å². The molecule has 2 unspecified atom stereocenters. The van der Waals surface area contributed by atoms with Gasteiger partial charge in [-0.05, 0) is 107 Å². The van der Waals surface area contributed by atoms with Gasteiger partial charge in [0.25, 0.3) is 14.2 Å². The fourth-order valence-corrected chi connectivity index (χ4v) is 15.8. The summed E-state index contributed by atoms with van der Waals surface area (Å²) in [4.78, 5) is 16.3. The molecule has 312 valence electrons. The minimum Gasteiger partial charge on any atom is -0.490 e. The molecule has 5 atom stereocenters. The van der Waals surface area contributed by atoms with Crippen molar-refractivity contribution in [1.82, 2.24) is 4.72 Å². The monoisotopic (exact) mass is 852 g/mol. The Balaban J connectivity index is 1.17. The van der Waals surface area contributed by atoms with Crippen molar-refractivity contribution in [1.29, 1.82) is 0 Å². The highest BCUT2D eigenvalue weighted by atomic mass is 35.5. The number of amides is 1. The van der Waals surface area contributed by atoms with Gasteiger partial charge in [-0.2, -0.15) is 0 Å².